The first-order valence-electron chi connectivity index (χ1n) is 9.70. The maximum absolute atomic E-state index is 11.9. The average molecular weight is 338 g/mol. The molecule has 0 bridgehead atoms. The van der Waals surface area contributed by atoms with Crippen molar-refractivity contribution in [3.63, 3.8) is 0 Å². The number of hydrogen-bond acceptors (Lipinski definition) is 2. The van der Waals surface area contributed by atoms with Gasteiger partial charge in [0.05, 0.1) is 5.60 Å². The molecule has 0 aromatic heterocycles. The van der Waals surface area contributed by atoms with Crippen LogP contribution in [-0.4, -0.2) is 29.6 Å². The molecule has 134 valence electrons. The summed E-state index contributed by atoms with van der Waals surface area (Å²) in [5, 5.41) is 11.9. The van der Waals surface area contributed by atoms with Gasteiger partial charge < -0.3 is 10.0 Å². The quantitative estimate of drug-likeness (QED) is 0.780. The number of nitrogens with zero attached hydrogens (tertiary/aromatic N) is 1. The molecule has 2 aromatic rings. The van der Waals surface area contributed by atoms with Gasteiger partial charge in [-0.25, -0.2) is 0 Å². The van der Waals surface area contributed by atoms with Crippen LogP contribution in [0.3, 0.4) is 0 Å². The van der Waals surface area contributed by atoms with E-state index in [-0.39, 0.29) is 5.92 Å². The fourth-order valence-electron chi connectivity index (χ4n) is 4.18. The molecule has 0 amide bonds. The summed E-state index contributed by atoms with van der Waals surface area (Å²) in [7, 11) is 0. The number of aliphatic hydroxyl groups is 1. The van der Waals surface area contributed by atoms with Crippen molar-refractivity contribution in [2.24, 2.45) is 0 Å². The number of aryl methyl sites for hydroxylation is 1. The Labute approximate surface area is 152 Å². The third-order valence-electron chi connectivity index (χ3n) is 5.60. The molecule has 1 N–H and O–H groups in total. The predicted molar refractivity (Wildman–Crippen MR) is 105 cm³/mol. The fraction of sp³-hybridized carbons (Fsp3) is 0.478. The average Bonchev–Trinajstić information content (AvgIpc) is 3.14. The van der Waals surface area contributed by atoms with Gasteiger partial charge in [-0.3, -0.25) is 0 Å². The maximum atomic E-state index is 11.9. The molecule has 1 aliphatic heterocycles. The topological polar surface area (TPSA) is 23.5 Å². The lowest BCUT2D eigenvalue weighted by atomic mass is 9.74. The monoisotopic (exact) mass is 337 g/mol. The Kier molecular flexibility index (Phi) is 5.93. The van der Waals surface area contributed by atoms with Crippen LogP contribution >= 0.6 is 0 Å². The molecule has 1 aliphatic rings. The van der Waals surface area contributed by atoms with Crippen molar-refractivity contribution in [3.05, 3.63) is 71.3 Å². The summed E-state index contributed by atoms with van der Waals surface area (Å²) in [6.45, 7) is 7.49. The lowest BCUT2D eigenvalue weighted by Crippen LogP contribution is -2.40. The van der Waals surface area contributed by atoms with Gasteiger partial charge in [-0.2, -0.15) is 0 Å². The number of benzene rings is 2. The molecule has 0 saturated carbocycles. The third kappa shape index (κ3) is 4.13. The molecule has 0 aliphatic carbocycles. The molecule has 3 rings (SSSR count). The van der Waals surface area contributed by atoms with E-state index < -0.39 is 5.60 Å². The van der Waals surface area contributed by atoms with Crippen LogP contribution < -0.4 is 0 Å². The lowest BCUT2D eigenvalue weighted by Gasteiger charge is -2.39. The highest BCUT2D eigenvalue weighted by Crippen LogP contribution is 2.41. The predicted octanol–water partition coefficient (Wildman–Crippen LogP) is 4.86. The Morgan fingerprint density at radius 1 is 1.00 bits per heavy atom. The van der Waals surface area contributed by atoms with Crippen LogP contribution in [0, 0.1) is 6.92 Å². The van der Waals surface area contributed by atoms with E-state index in [0.29, 0.717) is 0 Å². The molecule has 2 atom stereocenters. The number of likely N-dealkylation sites (tertiary alicyclic amines) is 1. The summed E-state index contributed by atoms with van der Waals surface area (Å²) >= 11 is 0. The van der Waals surface area contributed by atoms with Crippen LogP contribution in [0.25, 0.3) is 0 Å². The van der Waals surface area contributed by atoms with Crippen LogP contribution in [0.5, 0.6) is 0 Å². The molecule has 0 unspecified atom stereocenters. The first-order valence-corrected chi connectivity index (χ1v) is 9.70. The standard InChI is InChI=1S/C23H31NO/c1-3-15-23(25,21-13-11-19(2)12-14-21)22(18-24-16-7-8-17-24)20-9-5-4-6-10-20/h4-6,9-14,22,25H,3,7-8,15-18H2,1-2H3/t22-,23-/m1/s1. The van der Waals surface area contributed by atoms with Crippen molar-refractivity contribution >= 4 is 0 Å². The Morgan fingerprint density at radius 2 is 1.64 bits per heavy atom. The van der Waals surface area contributed by atoms with E-state index in [2.05, 4.69) is 73.3 Å². The molecule has 2 heteroatoms. The van der Waals surface area contributed by atoms with Crippen LogP contribution in [0.4, 0.5) is 0 Å². The Balaban J connectivity index is 2.00. The van der Waals surface area contributed by atoms with Crippen molar-refractivity contribution in [1.82, 2.24) is 4.90 Å². The van der Waals surface area contributed by atoms with E-state index >= 15 is 0 Å². The second-order valence-corrected chi connectivity index (χ2v) is 7.51. The minimum absolute atomic E-state index is 0.0921. The normalized spacial score (nSPS) is 18.8. The highest BCUT2D eigenvalue weighted by molar-refractivity contribution is 5.33. The van der Waals surface area contributed by atoms with E-state index in [1.807, 2.05) is 0 Å². The van der Waals surface area contributed by atoms with E-state index in [9.17, 15) is 5.11 Å². The molecule has 1 heterocycles. The largest absolute Gasteiger partial charge is 0.384 e. The second kappa shape index (κ2) is 8.16. The van der Waals surface area contributed by atoms with Crippen molar-refractivity contribution in [2.45, 2.75) is 51.0 Å². The minimum Gasteiger partial charge on any atom is -0.384 e. The minimum atomic E-state index is -0.827. The van der Waals surface area contributed by atoms with Gasteiger partial charge in [0.25, 0.3) is 0 Å². The SMILES string of the molecule is CCC[C@@](O)(c1ccc(C)cc1)[C@H](CN1CCCC1)c1ccccc1. The molecule has 2 nitrogen and oxygen atoms in total. The molecule has 0 radical (unpaired) electrons. The van der Waals surface area contributed by atoms with Crippen LogP contribution in [0.1, 0.15) is 55.2 Å². The molecule has 25 heavy (non-hydrogen) atoms. The van der Waals surface area contributed by atoms with E-state index in [4.69, 9.17) is 0 Å². The Bertz CT molecular complexity index is 646. The Hall–Kier alpha value is -1.64. The van der Waals surface area contributed by atoms with E-state index in [0.717, 1.165) is 38.0 Å². The second-order valence-electron chi connectivity index (χ2n) is 7.51. The van der Waals surface area contributed by atoms with Crippen molar-refractivity contribution in [1.29, 1.82) is 0 Å². The third-order valence-corrected chi connectivity index (χ3v) is 5.60. The van der Waals surface area contributed by atoms with Gasteiger partial charge in [-0.05, 0) is 50.4 Å². The zero-order valence-corrected chi connectivity index (χ0v) is 15.6. The van der Waals surface area contributed by atoms with Gasteiger partial charge >= 0.3 is 0 Å². The molecule has 0 spiro atoms. The fourth-order valence-corrected chi connectivity index (χ4v) is 4.18. The van der Waals surface area contributed by atoms with Gasteiger partial charge in [0.1, 0.15) is 0 Å². The van der Waals surface area contributed by atoms with Gasteiger partial charge in [0, 0.05) is 12.5 Å². The summed E-state index contributed by atoms with van der Waals surface area (Å²) in [6, 6.07) is 19.1. The molecular weight excluding hydrogens is 306 g/mol. The lowest BCUT2D eigenvalue weighted by molar-refractivity contribution is -0.0117. The summed E-state index contributed by atoms with van der Waals surface area (Å²) in [4.78, 5) is 2.52. The summed E-state index contributed by atoms with van der Waals surface area (Å²) < 4.78 is 0. The van der Waals surface area contributed by atoms with Gasteiger partial charge in [0.15, 0.2) is 0 Å². The first kappa shape index (κ1) is 18.2. The van der Waals surface area contributed by atoms with Crippen molar-refractivity contribution in [3.8, 4) is 0 Å². The Morgan fingerprint density at radius 3 is 2.24 bits per heavy atom. The molecule has 1 saturated heterocycles. The summed E-state index contributed by atoms with van der Waals surface area (Å²) in [5.74, 6) is 0.0921. The maximum Gasteiger partial charge on any atom is 0.0976 e. The zero-order valence-electron chi connectivity index (χ0n) is 15.6. The zero-order chi connectivity index (χ0) is 17.7. The van der Waals surface area contributed by atoms with E-state index in [1.54, 1.807) is 0 Å². The van der Waals surface area contributed by atoms with Crippen molar-refractivity contribution < 1.29 is 5.11 Å². The van der Waals surface area contributed by atoms with Crippen LogP contribution in [0.15, 0.2) is 54.6 Å². The van der Waals surface area contributed by atoms with Gasteiger partial charge in [-0.15, -0.1) is 0 Å². The van der Waals surface area contributed by atoms with Crippen LogP contribution in [0.2, 0.25) is 0 Å². The molecular formula is C23H31NO. The molecule has 1 fully saturated rings. The highest BCUT2D eigenvalue weighted by Gasteiger charge is 2.39. The van der Waals surface area contributed by atoms with Gasteiger partial charge in [-0.1, -0.05) is 73.5 Å². The number of hydrogen-bond donors (Lipinski definition) is 1. The summed E-state index contributed by atoms with van der Waals surface area (Å²) in [6.07, 6.45) is 4.30. The van der Waals surface area contributed by atoms with E-state index in [1.165, 1.54) is 24.0 Å². The smallest absolute Gasteiger partial charge is 0.0976 e. The molecule has 2 aromatic carbocycles. The van der Waals surface area contributed by atoms with Crippen molar-refractivity contribution in [2.75, 3.05) is 19.6 Å². The van der Waals surface area contributed by atoms with Crippen LogP contribution in [-0.2, 0) is 5.60 Å². The number of rotatable bonds is 7. The first-order chi connectivity index (χ1) is 12.1. The van der Waals surface area contributed by atoms with Gasteiger partial charge in [0.2, 0.25) is 0 Å². The highest BCUT2D eigenvalue weighted by atomic mass is 16.3. The summed E-state index contributed by atoms with van der Waals surface area (Å²) in [5.41, 5.74) is 2.70.